The molecule has 2 heterocycles. The van der Waals surface area contributed by atoms with Gasteiger partial charge in [-0.1, -0.05) is 12.1 Å². The van der Waals surface area contributed by atoms with Gasteiger partial charge in [0.05, 0.1) is 27.2 Å². The fourth-order valence-electron chi connectivity index (χ4n) is 3.02. The van der Waals surface area contributed by atoms with Crippen LogP contribution in [0.15, 0.2) is 51.7 Å². The highest BCUT2D eigenvalue weighted by molar-refractivity contribution is 6.04. The summed E-state index contributed by atoms with van der Waals surface area (Å²) in [4.78, 5) is 23.1. The van der Waals surface area contributed by atoms with Crippen molar-refractivity contribution in [2.45, 2.75) is 13.8 Å². The fraction of sp³-hybridized carbons (Fsp3) is 0.111. The number of aryl methyl sites for hydroxylation is 2. The molecule has 0 spiro atoms. The number of nitro benzene ring substituents is 1. The summed E-state index contributed by atoms with van der Waals surface area (Å²) in [5.41, 5.74) is 2.55. The standard InChI is InChI=1S/C18H13N3O4/c1-10-4-3-5-12(8-10)20-17-14-9-13(21(23)24)6-7-15(14)25-18(22)16(17)11(2)19-20/h3-9H,1-2H3. The molecule has 124 valence electrons. The Labute approximate surface area is 141 Å². The van der Waals surface area contributed by atoms with Crippen molar-refractivity contribution in [1.82, 2.24) is 9.78 Å². The van der Waals surface area contributed by atoms with E-state index in [0.717, 1.165) is 11.3 Å². The lowest BCUT2D eigenvalue weighted by Crippen LogP contribution is -2.02. The van der Waals surface area contributed by atoms with Gasteiger partial charge in [-0.2, -0.15) is 5.10 Å². The molecule has 0 saturated carbocycles. The number of hydrogen-bond acceptors (Lipinski definition) is 5. The van der Waals surface area contributed by atoms with Crippen molar-refractivity contribution in [2.75, 3.05) is 0 Å². The second kappa shape index (κ2) is 5.27. The lowest BCUT2D eigenvalue weighted by Gasteiger charge is -2.06. The molecule has 0 unspecified atom stereocenters. The Balaban J connectivity index is 2.21. The van der Waals surface area contributed by atoms with E-state index in [2.05, 4.69) is 5.10 Å². The molecule has 0 atom stereocenters. The van der Waals surface area contributed by atoms with Crippen LogP contribution in [0.1, 0.15) is 11.3 Å². The van der Waals surface area contributed by atoms with Gasteiger partial charge in [0.1, 0.15) is 11.0 Å². The van der Waals surface area contributed by atoms with Crippen molar-refractivity contribution < 1.29 is 9.34 Å². The summed E-state index contributed by atoms with van der Waals surface area (Å²) in [5, 5.41) is 16.4. The van der Waals surface area contributed by atoms with E-state index < -0.39 is 10.5 Å². The average Bonchev–Trinajstić information content (AvgIpc) is 2.93. The minimum absolute atomic E-state index is 0.0719. The lowest BCUT2D eigenvalue weighted by molar-refractivity contribution is -0.384. The molecule has 0 amide bonds. The number of nitro groups is 1. The molecule has 4 rings (SSSR count). The van der Waals surface area contributed by atoms with Crippen LogP contribution in [0.3, 0.4) is 0 Å². The Morgan fingerprint density at radius 3 is 2.68 bits per heavy atom. The molecule has 7 heteroatoms. The normalized spacial score (nSPS) is 11.3. The minimum Gasteiger partial charge on any atom is -0.422 e. The van der Waals surface area contributed by atoms with Crippen LogP contribution in [0, 0.1) is 24.0 Å². The van der Waals surface area contributed by atoms with Crippen LogP contribution in [0.4, 0.5) is 5.69 Å². The molecule has 0 aliphatic rings. The quantitative estimate of drug-likeness (QED) is 0.317. The van der Waals surface area contributed by atoms with E-state index in [-0.39, 0.29) is 11.3 Å². The fourth-order valence-corrected chi connectivity index (χ4v) is 3.02. The van der Waals surface area contributed by atoms with E-state index >= 15 is 0 Å². The number of aromatic nitrogens is 2. The molecule has 0 aliphatic carbocycles. The van der Waals surface area contributed by atoms with E-state index in [1.165, 1.54) is 18.2 Å². The van der Waals surface area contributed by atoms with Crippen molar-refractivity contribution in [3.05, 3.63) is 74.3 Å². The van der Waals surface area contributed by atoms with Gasteiger partial charge in [0.25, 0.3) is 5.69 Å². The van der Waals surface area contributed by atoms with Gasteiger partial charge in [-0.3, -0.25) is 10.1 Å². The first kappa shape index (κ1) is 15.1. The molecule has 7 nitrogen and oxygen atoms in total. The zero-order chi connectivity index (χ0) is 17.7. The van der Waals surface area contributed by atoms with E-state index in [4.69, 9.17) is 4.42 Å². The van der Waals surface area contributed by atoms with Crippen LogP contribution in [-0.4, -0.2) is 14.7 Å². The average molecular weight is 335 g/mol. The molecular weight excluding hydrogens is 322 g/mol. The minimum atomic E-state index is -0.507. The van der Waals surface area contributed by atoms with Gasteiger partial charge in [0.15, 0.2) is 0 Å². The lowest BCUT2D eigenvalue weighted by atomic mass is 10.1. The maximum atomic E-state index is 12.4. The predicted octanol–water partition coefficient (Wildman–Crippen LogP) is 3.66. The van der Waals surface area contributed by atoms with Gasteiger partial charge in [0, 0.05) is 12.1 Å². The number of nitrogens with zero attached hydrogens (tertiary/aromatic N) is 3. The monoisotopic (exact) mass is 335 g/mol. The molecule has 25 heavy (non-hydrogen) atoms. The van der Waals surface area contributed by atoms with Crippen molar-refractivity contribution in [2.24, 2.45) is 0 Å². The van der Waals surface area contributed by atoms with Gasteiger partial charge in [0.2, 0.25) is 0 Å². The third-order valence-electron chi connectivity index (χ3n) is 4.14. The molecule has 0 fully saturated rings. The van der Waals surface area contributed by atoms with Crippen molar-refractivity contribution in [3.8, 4) is 5.69 Å². The highest BCUT2D eigenvalue weighted by Gasteiger charge is 2.19. The maximum Gasteiger partial charge on any atom is 0.347 e. The summed E-state index contributed by atoms with van der Waals surface area (Å²) in [6, 6.07) is 11.8. The van der Waals surface area contributed by atoms with E-state index in [1.807, 2.05) is 31.2 Å². The van der Waals surface area contributed by atoms with Gasteiger partial charge in [-0.25, -0.2) is 9.48 Å². The van der Waals surface area contributed by atoms with E-state index in [1.54, 1.807) is 11.6 Å². The number of rotatable bonds is 2. The third kappa shape index (κ3) is 2.28. The molecule has 0 radical (unpaired) electrons. The van der Waals surface area contributed by atoms with Crippen LogP contribution >= 0.6 is 0 Å². The van der Waals surface area contributed by atoms with Gasteiger partial charge >= 0.3 is 5.63 Å². The van der Waals surface area contributed by atoms with Crippen LogP contribution in [-0.2, 0) is 0 Å². The second-order valence-corrected chi connectivity index (χ2v) is 5.89. The van der Waals surface area contributed by atoms with Crippen LogP contribution in [0.2, 0.25) is 0 Å². The molecular formula is C18H13N3O4. The molecule has 4 aromatic rings. The van der Waals surface area contributed by atoms with Crippen molar-refractivity contribution >= 4 is 27.6 Å². The zero-order valence-electron chi connectivity index (χ0n) is 13.5. The van der Waals surface area contributed by atoms with Gasteiger partial charge in [-0.15, -0.1) is 0 Å². The zero-order valence-corrected chi connectivity index (χ0v) is 13.5. The number of hydrogen-bond donors (Lipinski definition) is 0. The summed E-state index contributed by atoms with van der Waals surface area (Å²) in [7, 11) is 0. The first-order chi connectivity index (χ1) is 12.0. The summed E-state index contributed by atoms with van der Waals surface area (Å²) in [6.45, 7) is 3.67. The largest absolute Gasteiger partial charge is 0.422 e. The first-order valence-corrected chi connectivity index (χ1v) is 7.63. The SMILES string of the molecule is Cc1cccc(-n2nc(C)c3c(=O)oc4ccc([N+](=O)[O-])cc4c32)c1. The third-order valence-corrected chi connectivity index (χ3v) is 4.14. The molecule has 0 saturated heterocycles. The van der Waals surface area contributed by atoms with Gasteiger partial charge < -0.3 is 4.42 Å². The second-order valence-electron chi connectivity index (χ2n) is 5.89. The van der Waals surface area contributed by atoms with Crippen molar-refractivity contribution in [3.63, 3.8) is 0 Å². The number of benzene rings is 2. The molecule has 2 aromatic heterocycles. The summed E-state index contributed by atoms with van der Waals surface area (Å²) in [6.07, 6.45) is 0. The van der Waals surface area contributed by atoms with Crippen LogP contribution in [0.5, 0.6) is 0 Å². The Hall–Kier alpha value is -3.48. The highest BCUT2D eigenvalue weighted by atomic mass is 16.6. The Bertz CT molecular complexity index is 1220. The Morgan fingerprint density at radius 1 is 1.16 bits per heavy atom. The summed E-state index contributed by atoms with van der Waals surface area (Å²) >= 11 is 0. The van der Waals surface area contributed by atoms with Crippen LogP contribution in [0.25, 0.3) is 27.6 Å². The Morgan fingerprint density at radius 2 is 1.96 bits per heavy atom. The van der Waals surface area contributed by atoms with Gasteiger partial charge in [-0.05, 0) is 37.6 Å². The predicted molar refractivity (Wildman–Crippen MR) is 93.2 cm³/mol. The number of non-ortho nitro benzene ring substituents is 1. The van der Waals surface area contributed by atoms with E-state index in [0.29, 0.717) is 22.0 Å². The molecule has 0 aliphatic heterocycles. The molecule has 0 N–H and O–H groups in total. The first-order valence-electron chi connectivity index (χ1n) is 7.63. The number of fused-ring (bicyclic) bond motifs is 3. The highest BCUT2D eigenvalue weighted by Crippen LogP contribution is 2.30. The maximum absolute atomic E-state index is 12.4. The van der Waals surface area contributed by atoms with Crippen molar-refractivity contribution in [1.29, 1.82) is 0 Å². The molecule has 2 aromatic carbocycles. The van der Waals surface area contributed by atoms with E-state index in [9.17, 15) is 14.9 Å². The summed E-state index contributed by atoms with van der Waals surface area (Å²) < 4.78 is 6.97. The Kier molecular flexibility index (Phi) is 3.18. The topological polar surface area (TPSA) is 91.2 Å². The summed E-state index contributed by atoms with van der Waals surface area (Å²) in [5.74, 6) is 0. The molecule has 0 bridgehead atoms. The van der Waals surface area contributed by atoms with Crippen LogP contribution < -0.4 is 5.63 Å². The smallest absolute Gasteiger partial charge is 0.347 e.